The molecule has 168 valence electrons. The maximum absolute atomic E-state index is 13.5. The van der Waals surface area contributed by atoms with Crippen LogP contribution in [0.15, 0.2) is 71.6 Å². The van der Waals surface area contributed by atoms with E-state index in [9.17, 15) is 13.2 Å². The number of sulfonamides is 1. The van der Waals surface area contributed by atoms with Crippen LogP contribution in [0.25, 0.3) is 0 Å². The molecule has 0 aliphatic rings. The zero-order valence-electron chi connectivity index (χ0n) is 18.5. The summed E-state index contributed by atoms with van der Waals surface area (Å²) in [6.07, 6.45) is 0. The molecule has 1 amide bonds. The van der Waals surface area contributed by atoms with Gasteiger partial charge < -0.3 is 14.8 Å². The molecular formula is C24H26N2O5S. The van der Waals surface area contributed by atoms with Crippen molar-refractivity contribution in [1.82, 2.24) is 0 Å². The number of ether oxygens (including phenoxy) is 2. The molecular weight excluding hydrogens is 428 g/mol. The Balaban J connectivity index is 2.02. The first-order valence-corrected chi connectivity index (χ1v) is 11.4. The maximum atomic E-state index is 13.5. The van der Waals surface area contributed by atoms with E-state index in [4.69, 9.17) is 9.47 Å². The van der Waals surface area contributed by atoms with Crippen molar-refractivity contribution < 1.29 is 22.7 Å². The molecule has 0 unspecified atom stereocenters. The number of hydrogen-bond acceptors (Lipinski definition) is 5. The highest BCUT2D eigenvalue weighted by atomic mass is 32.2. The third kappa shape index (κ3) is 5.03. The molecule has 0 fully saturated rings. The molecule has 3 aromatic rings. The van der Waals surface area contributed by atoms with Crippen LogP contribution in [0.1, 0.15) is 11.1 Å². The summed E-state index contributed by atoms with van der Waals surface area (Å²) in [5, 5.41) is 2.79. The summed E-state index contributed by atoms with van der Waals surface area (Å²) in [5.41, 5.74) is 2.71. The molecule has 3 rings (SSSR count). The lowest BCUT2D eigenvalue weighted by Crippen LogP contribution is -2.38. The number of para-hydroxylation sites is 1. The average molecular weight is 455 g/mol. The molecule has 0 saturated heterocycles. The fourth-order valence-electron chi connectivity index (χ4n) is 3.17. The molecule has 0 aromatic heterocycles. The van der Waals surface area contributed by atoms with Crippen LogP contribution in [-0.2, 0) is 14.8 Å². The number of nitrogens with zero attached hydrogens (tertiary/aromatic N) is 1. The van der Waals surface area contributed by atoms with Gasteiger partial charge >= 0.3 is 0 Å². The topological polar surface area (TPSA) is 84.9 Å². The van der Waals surface area contributed by atoms with Crippen LogP contribution >= 0.6 is 0 Å². The Morgan fingerprint density at radius 3 is 2.19 bits per heavy atom. The van der Waals surface area contributed by atoms with Crippen molar-refractivity contribution in [2.45, 2.75) is 18.7 Å². The number of nitrogens with one attached hydrogen (secondary N) is 1. The van der Waals surface area contributed by atoms with Crippen LogP contribution in [0, 0.1) is 13.8 Å². The molecule has 0 atom stereocenters. The van der Waals surface area contributed by atoms with Gasteiger partial charge in [0.25, 0.3) is 10.0 Å². The summed E-state index contributed by atoms with van der Waals surface area (Å²) < 4.78 is 38.7. The lowest BCUT2D eigenvalue weighted by molar-refractivity contribution is -0.114. The molecule has 7 nitrogen and oxygen atoms in total. The quantitative estimate of drug-likeness (QED) is 0.553. The Labute approximate surface area is 188 Å². The monoisotopic (exact) mass is 454 g/mol. The molecule has 32 heavy (non-hydrogen) atoms. The summed E-state index contributed by atoms with van der Waals surface area (Å²) in [6, 6.07) is 18.5. The van der Waals surface area contributed by atoms with Gasteiger partial charge in [-0.2, -0.15) is 0 Å². The van der Waals surface area contributed by atoms with E-state index in [0.29, 0.717) is 17.2 Å². The van der Waals surface area contributed by atoms with Crippen LogP contribution in [0.5, 0.6) is 11.5 Å². The van der Waals surface area contributed by atoms with Crippen molar-refractivity contribution in [3.63, 3.8) is 0 Å². The number of hydrogen-bond donors (Lipinski definition) is 1. The molecule has 1 N–H and O–H groups in total. The van der Waals surface area contributed by atoms with E-state index in [1.807, 2.05) is 26.0 Å². The number of rotatable bonds is 8. The van der Waals surface area contributed by atoms with E-state index < -0.39 is 22.5 Å². The van der Waals surface area contributed by atoms with Gasteiger partial charge in [0, 0.05) is 11.8 Å². The Morgan fingerprint density at radius 1 is 0.906 bits per heavy atom. The number of methoxy groups -OCH3 is 2. The smallest absolute Gasteiger partial charge is 0.264 e. The second-order valence-corrected chi connectivity index (χ2v) is 9.09. The Kier molecular flexibility index (Phi) is 7.05. The highest BCUT2D eigenvalue weighted by Crippen LogP contribution is 2.34. The first-order valence-electron chi connectivity index (χ1n) is 9.93. The number of carbonyl (C=O) groups excluding carboxylic acids is 1. The summed E-state index contributed by atoms with van der Waals surface area (Å²) in [4.78, 5) is 13.0. The minimum Gasteiger partial charge on any atom is -0.493 e. The van der Waals surface area contributed by atoms with Crippen molar-refractivity contribution in [2.75, 3.05) is 30.4 Å². The van der Waals surface area contributed by atoms with Gasteiger partial charge in [0.05, 0.1) is 24.8 Å². The largest absolute Gasteiger partial charge is 0.493 e. The minimum absolute atomic E-state index is 0.0848. The van der Waals surface area contributed by atoms with Gasteiger partial charge in [0.1, 0.15) is 6.54 Å². The SMILES string of the molecule is COc1ccc(N(CC(=O)Nc2ccccc2C)S(=O)(=O)c2ccc(C)cc2)cc1OC. The van der Waals surface area contributed by atoms with Crippen molar-refractivity contribution in [1.29, 1.82) is 0 Å². The standard InChI is InChI=1S/C24H26N2O5S/c1-17-9-12-20(13-10-17)32(28,29)26(19-11-14-22(30-3)23(15-19)31-4)16-24(27)25-21-8-6-5-7-18(21)2/h5-15H,16H2,1-4H3,(H,25,27). The highest BCUT2D eigenvalue weighted by molar-refractivity contribution is 7.92. The number of anilines is 2. The first kappa shape index (κ1) is 23.1. The average Bonchev–Trinajstić information content (AvgIpc) is 2.78. The predicted octanol–water partition coefficient (Wildman–Crippen LogP) is 4.15. The van der Waals surface area contributed by atoms with Gasteiger partial charge in [0.2, 0.25) is 5.91 Å². The predicted molar refractivity (Wildman–Crippen MR) is 125 cm³/mol. The van der Waals surface area contributed by atoms with Gasteiger partial charge in [0.15, 0.2) is 11.5 Å². The molecule has 0 bridgehead atoms. The summed E-state index contributed by atoms with van der Waals surface area (Å²) in [7, 11) is -1.08. The molecule has 0 radical (unpaired) electrons. The van der Waals surface area contributed by atoms with Gasteiger partial charge in [-0.3, -0.25) is 9.10 Å². The first-order chi connectivity index (χ1) is 15.3. The third-order valence-corrected chi connectivity index (χ3v) is 6.76. The lowest BCUT2D eigenvalue weighted by Gasteiger charge is -2.25. The summed E-state index contributed by atoms with van der Waals surface area (Å²) >= 11 is 0. The Hall–Kier alpha value is -3.52. The number of benzene rings is 3. The van der Waals surface area contributed by atoms with Gasteiger partial charge in [-0.1, -0.05) is 35.9 Å². The van der Waals surface area contributed by atoms with E-state index in [0.717, 1.165) is 15.4 Å². The van der Waals surface area contributed by atoms with E-state index >= 15 is 0 Å². The van der Waals surface area contributed by atoms with E-state index in [1.165, 1.54) is 32.4 Å². The second kappa shape index (κ2) is 9.74. The Morgan fingerprint density at radius 2 is 1.56 bits per heavy atom. The lowest BCUT2D eigenvalue weighted by atomic mass is 10.2. The van der Waals surface area contributed by atoms with Crippen molar-refractivity contribution in [3.05, 3.63) is 77.9 Å². The van der Waals surface area contributed by atoms with Crippen molar-refractivity contribution in [3.8, 4) is 11.5 Å². The van der Waals surface area contributed by atoms with E-state index in [-0.39, 0.29) is 10.6 Å². The van der Waals surface area contributed by atoms with Gasteiger partial charge in [-0.15, -0.1) is 0 Å². The fraction of sp³-hybridized carbons (Fsp3) is 0.208. The van der Waals surface area contributed by atoms with E-state index in [1.54, 1.807) is 36.4 Å². The van der Waals surface area contributed by atoms with Crippen LogP contribution in [0.2, 0.25) is 0 Å². The zero-order chi connectivity index (χ0) is 23.3. The second-order valence-electron chi connectivity index (χ2n) is 7.23. The molecule has 0 saturated carbocycles. The van der Waals surface area contributed by atoms with Crippen molar-refractivity contribution in [2.24, 2.45) is 0 Å². The zero-order valence-corrected chi connectivity index (χ0v) is 19.3. The van der Waals surface area contributed by atoms with Crippen molar-refractivity contribution >= 4 is 27.3 Å². The maximum Gasteiger partial charge on any atom is 0.264 e. The number of carbonyl (C=O) groups is 1. The molecule has 0 heterocycles. The van der Waals surface area contributed by atoms with Crippen LogP contribution in [-0.4, -0.2) is 35.1 Å². The number of amides is 1. The van der Waals surface area contributed by atoms with Crippen LogP contribution < -0.4 is 19.1 Å². The Bertz CT molecular complexity index is 1210. The summed E-state index contributed by atoms with van der Waals surface area (Å²) in [5.74, 6) is 0.339. The molecule has 0 spiro atoms. The molecule has 0 aliphatic carbocycles. The minimum atomic E-state index is -4.04. The molecule has 0 aliphatic heterocycles. The fourth-order valence-corrected chi connectivity index (χ4v) is 4.58. The molecule has 8 heteroatoms. The summed E-state index contributed by atoms with van der Waals surface area (Å²) in [6.45, 7) is 3.32. The third-order valence-electron chi connectivity index (χ3n) is 4.97. The number of aryl methyl sites for hydroxylation is 2. The normalized spacial score (nSPS) is 11.0. The van der Waals surface area contributed by atoms with Gasteiger partial charge in [-0.25, -0.2) is 8.42 Å². The molecule has 3 aromatic carbocycles. The van der Waals surface area contributed by atoms with E-state index in [2.05, 4.69) is 5.32 Å². The highest BCUT2D eigenvalue weighted by Gasteiger charge is 2.28. The van der Waals surface area contributed by atoms with Gasteiger partial charge in [-0.05, 0) is 49.7 Å². The van der Waals surface area contributed by atoms with Crippen LogP contribution in [0.4, 0.5) is 11.4 Å². The van der Waals surface area contributed by atoms with Crippen LogP contribution in [0.3, 0.4) is 0 Å².